The van der Waals surface area contributed by atoms with E-state index in [4.69, 9.17) is 15.5 Å². The second kappa shape index (κ2) is 7.00. The number of allylic oxidation sites excluding steroid dienone is 1. The lowest BCUT2D eigenvalue weighted by atomic mass is 10.2. The van der Waals surface area contributed by atoms with E-state index in [1.165, 1.54) is 31.4 Å². The van der Waals surface area contributed by atoms with Crippen LogP contribution in [-0.2, 0) is 4.74 Å². The minimum Gasteiger partial charge on any atom is -0.384 e. The third-order valence-electron chi connectivity index (χ3n) is 4.94. The van der Waals surface area contributed by atoms with E-state index in [1.54, 1.807) is 0 Å². The molecule has 0 spiro atoms. The van der Waals surface area contributed by atoms with Gasteiger partial charge in [-0.3, -0.25) is 0 Å². The molecular formula is C19H26N4OS. The predicted octanol–water partition coefficient (Wildman–Crippen LogP) is 3.07. The molecular weight excluding hydrogens is 332 g/mol. The lowest BCUT2D eigenvalue weighted by Crippen LogP contribution is -2.41. The van der Waals surface area contributed by atoms with Crippen LogP contribution in [0.15, 0.2) is 35.1 Å². The number of rotatable bonds is 5. The first kappa shape index (κ1) is 16.9. The molecule has 2 N–H and O–H groups in total. The first-order chi connectivity index (χ1) is 12.2. The summed E-state index contributed by atoms with van der Waals surface area (Å²) in [7, 11) is 0. The van der Waals surface area contributed by atoms with Crippen LogP contribution in [0.1, 0.15) is 38.2 Å². The Morgan fingerprint density at radius 3 is 2.68 bits per heavy atom. The maximum Gasteiger partial charge on any atom is 0.137 e. The van der Waals surface area contributed by atoms with E-state index in [1.807, 2.05) is 18.3 Å². The van der Waals surface area contributed by atoms with Crippen molar-refractivity contribution < 1.29 is 4.74 Å². The topological polar surface area (TPSA) is 63.7 Å². The molecule has 0 aromatic carbocycles. The highest BCUT2D eigenvalue weighted by Gasteiger charge is 2.50. The van der Waals surface area contributed by atoms with Crippen molar-refractivity contribution in [2.45, 2.75) is 42.6 Å². The Balaban J connectivity index is 1.65. The van der Waals surface area contributed by atoms with Crippen molar-refractivity contribution in [1.82, 2.24) is 9.88 Å². The smallest absolute Gasteiger partial charge is 0.137 e. The van der Waals surface area contributed by atoms with E-state index in [2.05, 4.69) is 34.6 Å². The van der Waals surface area contributed by atoms with Crippen molar-refractivity contribution in [3.8, 4) is 0 Å². The number of thioether (sulfide) groups is 1. The SMILES string of the molecule is C/C=C(\N=C(c1ccc(N)nc1)N1CCOCC1)C1(SC2CC2)CC1. The van der Waals surface area contributed by atoms with Crippen LogP contribution < -0.4 is 5.73 Å². The third kappa shape index (κ3) is 3.85. The molecule has 25 heavy (non-hydrogen) atoms. The number of nitrogen functional groups attached to an aromatic ring is 1. The summed E-state index contributed by atoms with van der Waals surface area (Å²) in [5.74, 6) is 1.55. The molecule has 2 aliphatic carbocycles. The number of hydrogen-bond acceptors (Lipinski definition) is 5. The average Bonchev–Trinajstić information content (AvgIpc) is 3.57. The highest BCUT2D eigenvalue weighted by Crippen LogP contribution is 2.59. The number of aliphatic imine (C=N–C) groups is 1. The molecule has 6 heteroatoms. The van der Waals surface area contributed by atoms with Crippen molar-refractivity contribution in [3.63, 3.8) is 0 Å². The van der Waals surface area contributed by atoms with Gasteiger partial charge in [-0.05, 0) is 44.7 Å². The molecule has 2 heterocycles. The number of amidine groups is 1. The fourth-order valence-corrected chi connectivity index (χ4v) is 4.86. The van der Waals surface area contributed by atoms with Crippen molar-refractivity contribution in [2.24, 2.45) is 4.99 Å². The summed E-state index contributed by atoms with van der Waals surface area (Å²) in [6.45, 7) is 5.33. The van der Waals surface area contributed by atoms with Crippen LogP contribution in [0.3, 0.4) is 0 Å². The average molecular weight is 359 g/mol. The Morgan fingerprint density at radius 2 is 2.12 bits per heavy atom. The molecule has 1 aromatic rings. The van der Waals surface area contributed by atoms with Crippen LogP contribution in [0.2, 0.25) is 0 Å². The van der Waals surface area contributed by atoms with Crippen molar-refractivity contribution >= 4 is 23.4 Å². The lowest BCUT2D eigenvalue weighted by Gasteiger charge is -2.30. The van der Waals surface area contributed by atoms with Gasteiger partial charge in [-0.15, -0.1) is 11.8 Å². The molecule has 0 unspecified atom stereocenters. The summed E-state index contributed by atoms with van der Waals surface area (Å²) in [5, 5.41) is 0.845. The van der Waals surface area contributed by atoms with E-state index in [0.29, 0.717) is 5.82 Å². The molecule has 134 valence electrons. The normalized spacial score (nSPS) is 23.6. The molecule has 0 bridgehead atoms. The monoisotopic (exact) mass is 358 g/mol. The zero-order valence-electron chi connectivity index (χ0n) is 14.8. The summed E-state index contributed by atoms with van der Waals surface area (Å²) in [5.41, 5.74) is 8.03. The second-order valence-electron chi connectivity index (χ2n) is 6.99. The molecule has 2 saturated carbocycles. The van der Waals surface area contributed by atoms with Crippen LogP contribution in [0.5, 0.6) is 0 Å². The second-order valence-corrected chi connectivity index (χ2v) is 8.68. The fraction of sp³-hybridized carbons (Fsp3) is 0.579. The van der Waals surface area contributed by atoms with Crippen LogP contribution in [-0.4, -0.2) is 52.0 Å². The summed E-state index contributed by atoms with van der Waals surface area (Å²) in [4.78, 5) is 11.8. The number of nitrogens with two attached hydrogens (primary N) is 1. The van der Waals surface area contributed by atoms with Gasteiger partial charge in [-0.25, -0.2) is 9.98 Å². The maximum absolute atomic E-state index is 5.77. The summed E-state index contributed by atoms with van der Waals surface area (Å²) in [6, 6.07) is 3.88. The molecule has 3 aliphatic rings. The molecule has 3 fully saturated rings. The fourth-order valence-electron chi connectivity index (χ4n) is 3.23. The molecule has 0 radical (unpaired) electrons. The van der Waals surface area contributed by atoms with Gasteiger partial charge in [0.1, 0.15) is 11.7 Å². The zero-order chi connectivity index (χ0) is 17.3. The van der Waals surface area contributed by atoms with E-state index in [0.717, 1.165) is 43.0 Å². The summed E-state index contributed by atoms with van der Waals surface area (Å²) < 4.78 is 5.77. The number of anilines is 1. The first-order valence-corrected chi connectivity index (χ1v) is 10.1. The van der Waals surface area contributed by atoms with Crippen molar-refractivity contribution in [3.05, 3.63) is 35.7 Å². The molecule has 1 aromatic heterocycles. The van der Waals surface area contributed by atoms with Gasteiger partial charge in [0.15, 0.2) is 0 Å². The molecule has 1 aliphatic heterocycles. The number of aromatic nitrogens is 1. The van der Waals surface area contributed by atoms with E-state index < -0.39 is 0 Å². The van der Waals surface area contributed by atoms with Gasteiger partial charge in [-0.2, -0.15) is 0 Å². The quantitative estimate of drug-likeness (QED) is 0.647. The van der Waals surface area contributed by atoms with E-state index in [9.17, 15) is 0 Å². The van der Waals surface area contributed by atoms with Gasteiger partial charge in [0.05, 0.1) is 23.7 Å². The van der Waals surface area contributed by atoms with Gasteiger partial charge in [0.25, 0.3) is 0 Å². The Morgan fingerprint density at radius 1 is 1.36 bits per heavy atom. The van der Waals surface area contributed by atoms with Crippen LogP contribution in [0.4, 0.5) is 5.82 Å². The minimum atomic E-state index is 0.245. The van der Waals surface area contributed by atoms with Gasteiger partial charge in [0, 0.05) is 30.1 Å². The maximum atomic E-state index is 5.77. The highest BCUT2D eigenvalue weighted by molar-refractivity contribution is 8.02. The Labute approximate surface area is 153 Å². The van der Waals surface area contributed by atoms with Crippen molar-refractivity contribution in [1.29, 1.82) is 0 Å². The number of nitrogens with zero attached hydrogens (tertiary/aromatic N) is 3. The van der Waals surface area contributed by atoms with Crippen LogP contribution in [0.25, 0.3) is 0 Å². The van der Waals surface area contributed by atoms with E-state index in [-0.39, 0.29) is 4.75 Å². The van der Waals surface area contributed by atoms with Gasteiger partial charge < -0.3 is 15.4 Å². The Hall–Kier alpha value is -1.53. The summed E-state index contributed by atoms with van der Waals surface area (Å²) >= 11 is 2.14. The van der Waals surface area contributed by atoms with Gasteiger partial charge >= 0.3 is 0 Å². The number of hydrogen-bond donors (Lipinski definition) is 1. The van der Waals surface area contributed by atoms with E-state index >= 15 is 0 Å². The van der Waals surface area contributed by atoms with Gasteiger partial charge in [-0.1, -0.05) is 6.08 Å². The van der Waals surface area contributed by atoms with Crippen LogP contribution >= 0.6 is 11.8 Å². The third-order valence-corrected chi connectivity index (χ3v) is 6.82. The molecule has 0 amide bonds. The molecule has 0 atom stereocenters. The first-order valence-electron chi connectivity index (χ1n) is 9.18. The standard InChI is InChI=1S/C19H26N4OS/c1-2-16(19(7-8-19)25-15-4-5-15)22-18(23-9-11-24-12-10-23)14-3-6-17(20)21-13-14/h2-3,6,13,15H,4-5,7-12H2,1H3,(H2,20,21)/b16-2-,22-18?. The van der Waals surface area contributed by atoms with Crippen LogP contribution in [0, 0.1) is 0 Å². The largest absolute Gasteiger partial charge is 0.384 e. The summed E-state index contributed by atoms with van der Waals surface area (Å²) in [6.07, 6.45) is 9.26. The Bertz CT molecular complexity index is 671. The Kier molecular flexibility index (Phi) is 4.73. The number of ether oxygens (including phenoxy) is 1. The molecule has 5 nitrogen and oxygen atoms in total. The number of pyridine rings is 1. The molecule has 1 saturated heterocycles. The lowest BCUT2D eigenvalue weighted by molar-refractivity contribution is 0.0682. The highest BCUT2D eigenvalue weighted by atomic mass is 32.2. The molecule has 4 rings (SSSR count). The zero-order valence-corrected chi connectivity index (χ0v) is 15.6. The number of morpholine rings is 1. The minimum absolute atomic E-state index is 0.245. The van der Waals surface area contributed by atoms with Crippen molar-refractivity contribution in [2.75, 3.05) is 32.0 Å². The predicted molar refractivity (Wildman–Crippen MR) is 104 cm³/mol. The van der Waals surface area contributed by atoms with Gasteiger partial charge in [0.2, 0.25) is 0 Å².